The molecule has 0 bridgehead atoms. The highest BCUT2D eigenvalue weighted by Gasteiger charge is 2.52. The number of rotatable bonds is 11. The number of aliphatic hydroxyl groups is 1. The van der Waals surface area contributed by atoms with E-state index < -0.39 is 30.4 Å². The molecule has 0 aliphatic carbocycles. The quantitative estimate of drug-likeness (QED) is 0.243. The van der Waals surface area contributed by atoms with Crippen LogP contribution in [0.4, 0.5) is 8.78 Å². The second-order valence-corrected chi connectivity index (χ2v) is 7.48. The lowest BCUT2D eigenvalue weighted by atomic mass is 9.99. The first-order chi connectivity index (χ1) is 13.7. The van der Waals surface area contributed by atoms with Crippen LogP contribution in [0.25, 0.3) is 0 Å². The van der Waals surface area contributed by atoms with Crippen LogP contribution in [0.1, 0.15) is 65.2 Å². The first kappa shape index (κ1) is 25.1. The molecule has 0 spiro atoms. The molecule has 7 heteroatoms. The molecule has 5 nitrogen and oxygen atoms in total. The lowest BCUT2D eigenvalue weighted by Crippen LogP contribution is -2.36. The number of likely N-dealkylation sites (tertiary alicyclic amines) is 1. The van der Waals surface area contributed by atoms with Crippen LogP contribution in [0, 0.1) is 17.8 Å². The van der Waals surface area contributed by atoms with E-state index in [4.69, 9.17) is 0 Å². The molecule has 1 aliphatic rings. The highest BCUT2D eigenvalue weighted by molar-refractivity contribution is 5.86. The molecule has 0 aromatic carbocycles. The zero-order valence-corrected chi connectivity index (χ0v) is 17.6. The number of amides is 1. The van der Waals surface area contributed by atoms with Crippen LogP contribution in [-0.4, -0.2) is 53.6 Å². The van der Waals surface area contributed by atoms with Crippen LogP contribution < -0.4 is 0 Å². The van der Waals surface area contributed by atoms with Crippen molar-refractivity contribution in [1.82, 2.24) is 4.90 Å². The lowest BCUT2D eigenvalue weighted by molar-refractivity contribution is -0.148. The van der Waals surface area contributed by atoms with E-state index in [2.05, 4.69) is 16.6 Å². The number of methoxy groups -OCH3 is 1. The molecule has 3 unspecified atom stereocenters. The number of alkyl halides is 2. The van der Waals surface area contributed by atoms with E-state index in [1.165, 1.54) is 24.2 Å². The maximum atomic E-state index is 13.9. The van der Waals surface area contributed by atoms with Gasteiger partial charge in [-0.05, 0) is 18.8 Å². The minimum absolute atomic E-state index is 0.119. The summed E-state index contributed by atoms with van der Waals surface area (Å²) in [4.78, 5) is 24.3. The van der Waals surface area contributed by atoms with E-state index in [0.29, 0.717) is 25.7 Å². The van der Waals surface area contributed by atoms with Gasteiger partial charge < -0.3 is 14.7 Å². The SMILES string of the molecule is CCC#CCC(C)C(O)C=CC1CC(F)(F)C(=O)N1CCCCCCC(=O)OC. The number of carbonyl (C=O) groups excluding carboxylic acids is 2. The predicted octanol–water partition coefficient (Wildman–Crippen LogP) is 3.70. The standard InChI is InChI=1S/C22H33F2NO4/c1-4-5-8-11-17(2)19(26)14-13-18-16-22(23,24)21(28)25(18)15-10-7-6-9-12-20(27)29-3/h13-14,17-19,26H,4,6-7,9-12,15-16H2,1-3H3. The highest BCUT2D eigenvalue weighted by Crippen LogP contribution is 2.34. The van der Waals surface area contributed by atoms with E-state index in [9.17, 15) is 23.5 Å². The van der Waals surface area contributed by atoms with Gasteiger partial charge in [0.15, 0.2) is 0 Å². The van der Waals surface area contributed by atoms with Crippen molar-refractivity contribution >= 4 is 11.9 Å². The Morgan fingerprint density at radius 1 is 1.34 bits per heavy atom. The second kappa shape index (κ2) is 12.6. The van der Waals surface area contributed by atoms with Gasteiger partial charge in [-0.25, -0.2) is 0 Å². The van der Waals surface area contributed by atoms with Gasteiger partial charge in [-0.15, -0.1) is 11.8 Å². The van der Waals surface area contributed by atoms with Gasteiger partial charge in [-0.1, -0.05) is 38.8 Å². The van der Waals surface area contributed by atoms with Crippen LogP contribution >= 0.6 is 0 Å². The molecular formula is C22H33F2NO4. The van der Waals surface area contributed by atoms with Gasteiger partial charge in [-0.2, -0.15) is 8.78 Å². The molecule has 1 saturated heterocycles. The number of hydrogen-bond acceptors (Lipinski definition) is 4. The van der Waals surface area contributed by atoms with E-state index in [0.717, 1.165) is 19.3 Å². The Bertz CT molecular complexity index is 624. The van der Waals surface area contributed by atoms with Crippen molar-refractivity contribution in [1.29, 1.82) is 0 Å². The van der Waals surface area contributed by atoms with Crippen molar-refractivity contribution in [3.05, 3.63) is 12.2 Å². The summed E-state index contributed by atoms with van der Waals surface area (Å²) in [5.41, 5.74) is 0. The number of aliphatic hydroxyl groups excluding tert-OH is 1. The number of halogens is 2. The summed E-state index contributed by atoms with van der Waals surface area (Å²) in [5, 5.41) is 10.2. The Balaban J connectivity index is 2.56. The van der Waals surface area contributed by atoms with Crippen LogP contribution in [0.5, 0.6) is 0 Å². The summed E-state index contributed by atoms with van der Waals surface area (Å²) in [6.45, 7) is 4.02. The van der Waals surface area contributed by atoms with Crippen molar-refractivity contribution in [2.45, 2.75) is 83.3 Å². The summed E-state index contributed by atoms with van der Waals surface area (Å²) >= 11 is 0. The molecule has 1 amide bonds. The molecule has 1 heterocycles. The summed E-state index contributed by atoms with van der Waals surface area (Å²) in [7, 11) is 1.34. The van der Waals surface area contributed by atoms with Gasteiger partial charge in [0.2, 0.25) is 0 Å². The first-order valence-corrected chi connectivity index (χ1v) is 10.3. The third kappa shape index (κ3) is 8.53. The third-order valence-electron chi connectivity index (χ3n) is 5.04. The highest BCUT2D eigenvalue weighted by atomic mass is 19.3. The zero-order valence-electron chi connectivity index (χ0n) is 17.6. The molecule has 0 radical (unpaired) electrons. The number of esters is 1. The van der Waals surface area contributed by atoms with Crippen LogP contribution in [0.15, 0.2) is 12.2 Å². The third-order valence-corrected chi connectivity index (χ3v) is 5.04. The van der Waals surface area contributed by atoms with Gasteiger partial charge in [0.05, 0.1) is 19.3 Å². The largest absolute Gasteiger partial charge is 0.469 e. The van der Waals surface area contributed by atoms with Gasteiger partial charge in [-0.3, -0.25) is 9.59 Å². The minimum atomic E-state index is -3.37. The van der Waals surface area contributed by atoms with Crippen molar-refractivity contribution < 1.29 is 28.2 Å². The Morgan fingerprint density at radius 3 is 2.69 bits per heavy atom. The number of hydrogen-bond donors (Lipinski definition) is 1. The van der Waals surface area contributed by atoms with Crippen molar-refractivity contribution in [3.8, 4) is 11.8 Å². The van der Waals surface area contributed by atoms with E-state index >= 15 is 0 Å². The molecule has 3 atom stereocenters. The summed E-state index contributed by atoms with van der Waals surface area (Å²) in [6.07, 6.45) is 6.01. The van der Waals surface area contributed by atoms with Crippen LogP contribution in [0.3, 0.4) is 0 Å². The fourth-order valence-electron chi connectivity index (χ4n) is 3.18. The van der Waals surface area contributed by atoms with Gasteiger partial charge in [0.1, 0.15) is 0 Å². The maximum absolute atomic E-state index is 13.9. The first-order valence-electron chi connectivity index (χ1n) is 10.3. The number of nitrogens with zero attached hydrogens (tertiary/aromatic N) is 1. The van der Waals surface area contributed by atoms with Crippen molar-refractivity contribution in [2.24, 2.45) is 5.92 Å². The topological polar surface area (TPSA) is 66.8 Å². The zero-order chi connectivity index (χ0) is 21.9. The van der Waals surface area contributed by atoms with E-state index in [-0.39, 0.29) is 18.4 Å². The number of carbonyl (C=O) groups is 2. The van der Waals surface area contributed by atoms with Gasteiger partial charge >= 0.3 is 11.9 Å². The molecule has 0 saturated carbocycles. The number of ether oxygens (including phenoxy) is 1. The van der Waals surface area contributed by atoms with Gasteiger partial charge in [0, 0.05) is 32.2 Å². The van der Waals surface area contributed by atoms with E-state index in [1.54, 1.807) is 0 Å². The molecule has 1 aliphatic heterocycles. The average Bonchev–Trinajstić information content (AvgIpc) is 2.91. The molecule has 29 heavy (non-hydrogen) atoms. The fourth-order valence-corrected chi connectivity index (χ4v) is 3.18. The molecule has 1 N–H and O–H groups in total. The fraction of sp³-hybridized carbons (Fsp3) is 0.727. The molecule has 1 rings (SSSR count). The van der Waals surface area contributed by atoms with E-state index in [1.807, 2.05) is 13.8 Å². The monoisotopic (exact) mass is 413 g/mol. The summed E-state index contributed by atoms with van der Waals surface area (Å²) in [5.74, 6) is 0.998. The molecule has 164 valence electrons. The predicted molar refractivity (Wildman–Crippen MR) is 107 cm³/mol. The molecule has 0 aromatic rings. The Labute approximate surface area is 172 Å². The average molecular weight is 414 g/mol. The van der Waals surface area contributed by atoms with Crippen LogP contribution in [0.2, 0.25) is 0 Å². The smallest absolute Gasteiger partial charge is 0.327 e. The Kier molecular flexibility index (Phi) is 10.9. The number of unbranched alkanes of at least 4 members (excludes halogenated alkanes) is 3. The summed E-state index contributed by atoms with van der Waals surface area (Å²) in [6, 6.07) is -0.726. The molecule has 0 aromatic heterocycles. The lowest BCUT2D eigenvalue weighted by Gasteiger charge is -2.22. The minimum Gasteiger partial charge on any atom is -0.469 e. The van der Waals surface area contributed by atoms with Gasteiger partial charge in [0.25, 0.3) is 5.91 Å². The Hall–Kier alpha value is -1.94. The molecule has 1 fully saturated rings. The maximum Gasteiger partial charge on any atom is 0.327 e. The normalized spacial score (nSPS) is 20.4. The van der Waals surface area contributed by atoms with Crippen LogP contribution in [-0.2, 0) is 14.3 Å². The van der Waals surface area contributed by atoms with Crippen molar-refractivity contribution in [2.75, 3.05) is 13.7 Å². The van der Waals surface area contributed by atoms with Crippen molar-refractivity contribution in [3.63, 3.8) is 0 Å². The molecular weight excluding hydrogens is 380 g/mol. The Morgan fingerprint density at radius 2 is 2.03 bits per heavy atom. The second-order valence-electron chi connectivity index (χ2n) is 7.48. The summed E-state index contributed by atoms with van der Waals surface area (Å²) < 4.78 is 32.4.